The number of aromatic amines is 2. The van der Waals surface area contributed by atoms with Crippen molar-refractivity contribution in [1.29, 1.82) is 0 Å². The zero-order valence-electron chi connectivity index (χ0n) is 18.7. The zero-order chi connectivity index (χ0) is 23.9. The van der Waals surface area contributed by atoms with Crippen LogP contribution in [0.25, 0.3) is 55.8 Å². The van der Waals surface area contributed by atoms with Gasteiger partial charge < -0.3 is 14.5 Å². The minimum atomic E-state index is -0.405. The lowest BCUT2D eigenvalue weighted by Crippen LogP contribution is -1.89. The molecule has 0 aliphatic carbocycles. The maximum atomic E-state index is 14.2. The number of nitrogens with one attached hydrogen (secondary N) is 2. The minimum absolute atomic E-state index is 0.405. The summed E-state index contributed by atoms with van der Waals surface area (Å²) in [5, 5.41) is 8.31. The van der Waals surface area contributed by atoms with E-state index in [2.05, 4.69) is 30.1 Å². The Labute approximate surface area is 198 Å². The summed E-state index contributed by atoms with van der Waals surface area (Å²) in [6.45, 7) is 0. The SMILES string of the molecule is COc1cncc(-c2cc3c(-c4nc5c(-c6cc(F)cc(OC)c6)cncc5[nH]4)n[nH]c3cn2)c1. The highest BCUT2D eigenvalue weighted by atomic mass is 19.1. The second-order valence-electron chi connectivity index (χ2n) is 7.85. The third-order valence-corrected chi connectivity index (χ3v) is 5.73. The second kappa shape index (κ2) is 8.17. The number of benzene rings is 1. The minimum Gasteiger partial charge on any atom is -0.497 e. The Bertz CT molecular complexity index is 1710. The maximum Gasteiger partial charge on any atom is 0.159 e. The molecule has 0 aliphatic heterocycles. The quantitative estimate of drug-likeness (QED) is 0.375. The number of pyridine rings is 3. The smallest absolute Gasteiger partial charge is 0.159 e. The summed E-state index contributed by atoms with van der Waals surface area (Å²) in [6, 6.07) is 8.30. The summed E-state index contributed by atoms with van der Waals surface area (Å²) < 4.78 is 24.7. The van der Waals surface area contributed by atoms with Crippen molar-refractivity contribution in [2.75, 3.05) is 14.2 Å². The van der Waals surface area contributed by atoms with E-state index < -0.39 is 5.82 Å². The Morgan fingerprint density at radius 3 is 2.49 bits per heavy atom. The average molecular weight is 467 g/mol. The fourth-order valence-corrected chi connectivity index (χ4v) is 4.02. The molecule has 6 rings (SSSR count). The fourth-order valence-electron chi connectivity index (χ4n) is 4.02. The molecule has 9 nitrogen and oxygen atoms in total. The molecule has 0 unspecified atom stereocenters. The molecular formula is C25H18FN7O2. The molecule has 1 aromatic carbocycles. The zero-order valence-corrected chi connectivity index (χ0v) is 18.7. The van der Waals surface area contributed by atoms with Gasteiger partial charge in [0.1, 0.15) is 23.0 Å². The second-order valence-corrected chi connectivity index (χ2v) is 7.85. The van der Waals surface area contributed by atoms with Crippen LogP contribution in [0.4, 0.5) is 4.39 Å². The van der Waals surface area contributed by atoms with Crippen LogP contribution < -0.4 is 9.47 Å². The van der Waals surface area contributed by atoms with E-state index in [0.29, 0.717) is 45.2 Å². The molecule has 0 spiro atoms. The first kappa shape index (κ1) is 20.7. The molecule has 35 heavy (non-hydrogen) atoms. The molecule has 172 valence electrons. The first-order valence-corrected chi connectivity index (χ1v) is 10.7. The van der Waals surface area contributed by atoms with Crippen molar-refractivity contribution < 1.29 is 13.9 Å². The lowest BCUT2D eigenvalue weighted by molar-refractivity contribution is 0.411. The number of H-pyrrole nitrogens is 2. The van der Waals surface area contributed by atoms with E-state index in [0.717, 1.165) is 22.2 Å². The number of nitrogens with zero attached hydrogens (tertiary/aromatic N) is 5. The first-order chi connectivity index (χ1) is 17.1. The molecule has 6 aromatic rings. The summed E-state index contributed by atoms with van der Waals surface area (Å²) in [6.07, 6.45) is 8.41. The highest BCUT2D eigenvalue weighted by Gasteiger charge is 2.17. The summed E-state index contributed by atoms with van der Waals surface area (Å²) in [4.78, 5) is 21.1. The third kappa shape index (κ3) is 3.61. The van der Waals surface area contributed by atoms with Crippen LogP contribution in [0.5, 0.6) is 11.5 Å². The number of hydrogen-bond acceptors (Lipinski definition) is 7. The number of aromatic nitrogens is 7. The van der Waals surface area contributed by atoms with E-state index in [9.17, 15) is 4.39 Å². The number of halogens is 1. The number of fused-ring (bicyclic) bond motifs is 2. The molecule has 10 heteroatoms. The molecule has 0 saturated heterocycles. The van der Waals surface area contributed by atoms with Gasteiger partial charge in [-0.1, -0.05) is 0 Å². The van der Waals surface area contributed by atoms with Gasteiger partial charge >= 0.3 is 0 Å². The number of rotatable bonds is 5. The maximum absolute atomic E-state index is 14.2. The Hall–Kier alpha value is -4.86. The first-order valence-electron chi connectivity index (χ1n) is 10.7. The van der Waals surface area contributed by atoms with E-state index in [4.69, 9.17) is 14.5 Å². The molecule has 2 N–H and O–H groups in total. The van der Waals surface area contributed by atoms with Crippen LogP contribution in [0.3, 0.4) is 0 Å². The highest BCUT2D eigenvalue weighted by Crippen LogP contribution is 2.33. The monoisotopic (exact) mass is 467 g/mol. The Balaban J connectivity index is 1.48. The van der Waals surface area contributed by atoms with E-state index in [-0.39, 0.29) is 0 Å². The fraction of sp³-hybridized carbons (Fsp3) is 0.0800. The lowest BCUT2D eigenvalue weighted by Gasteiger charge is -2.06. The number of methoxy groups -OCH3 is 2. The van der Waals surface area contributed by atoms with Crippen molar-refractivity contribution in [3.8, 4) is 45.4 Å². The highest BCUT2D eigenvalue weighted by molar-refractivity contribution is 5.97. The van der Waals surface area contributed by atoms with E-state index in [1.165, 1.54) is 19.2 Å². The van der Waals surface area contributed by atoms with Crippen LogP contribution in [0, 0.1) is 5.82 Å². The molecule has 0 radical (unpaired) electrons. The van der Waals surface area contributed by atoms with Gasteiger partial charge in [-0.05, 0) is 29.8 Å². The van der Waals surface area contributed by atoms with E-state index in [1.807, 2.05) is 12.1 Å². The molecule has 0 saturated carbocycles. The van der Waals surface area contributed by atoms with Crippen LogP contribution >= 0.6 is 0 Å². The molecule has 0 amide bonds. The topological polar surface area (TPSA) is 114 Å². The molecular weight excluding hydrogens is 449 g/mol. The van der Waals surface area contributed by atoms with Gasteiger partial charge in [-0.3, -0.25) is 20.1 Å². The Kier molecular flexibility index (Phi) is 4.84. The van der Waals surface area contributed by atoms with Gasteiger partial charge in [0.2, 0.25) is 0 Å². The van der Waals surface area contributed by atoms with Crippen LogP contribution in [0.1, 0.15) is 0 Å². The third-order valence-electron chi connectivity index (χ3n) is 5.73. The molecule has 0 bridgehead atoms. The molecule has 5 aromatic heterocycles. The molecule has 0 atom stereocenters. The van der Waals surface area contributed by atoms with Crippen molar-refractivity contribution in [1.82, 2.24) is 35.1 Å². The van der Waals surface area contributed by atoms with Gasteiger partial charge in [-0.2, -0.15) is 5.10 Å². The normalized spacial score (nSPS) is 11.3. The Morgan fingerprint density at radius 1 is 0.800 bits per heavy atom. The largest absolute Gasteiger partial charge is 0.497 e. The van der Waals surface area contributed by atoms with Crippen LogP contribution in [-0.2, 0) is 0 Å². The van der Waals surface area contributed by atoms with E-state index >= 15 is 0 Å². The van der Waals surface area contributed by atoms with Crippen molar-refractivity contribution in [3.63, 3.8) is 0 Å². The lowest BCUT2D eigenvalue weighted by atomic mass is 10.1. The van der Waals surface area contributed by atoms with Crippen molar-refractivity contribution in [3.05, 3.63) is 67.1 Å². The molecule has 5 heterocycles. The van der Waals surface area contributed by atoms with Crippen LogP contribution in [0.2, 0.25) is 0 Å². The predicted molar refractivity (Wildman–Crippen MR) is 129 cm³/mol. The van der Waals surface area contributed by atoms with Crippen molar-refractivity contribution in [2.45, 2.75) is 0 Å². The Morgan fingerprint density at radius 2 is 1.63 bits per heavy atom. The summed E-state index contributed by atoms with van der Waals surface area (Å²) >= 11 is 0. The van der Waals surface area contributed by atoms with Gasteiger partial charge in [-0.15, -0.1) is 0 Å². The van der Waals surface area contributed by atoms with Gasteiger partial charge in [0.25, 0.3) is 0 Å². The van der Waals surface area contributed by atoms with Crippen molar-refractivity contribution in [2.24, 2.45) is 0 Å². The number of imidazole rings is 1. The van der Waals surface area contributed by atoms with E-state index in [1.54, 1.807) is 44.2 Å². The number of hydrogen-bond donors (Lipinski definition) is 2. The summed E-state index contributed by atoms with van der Waals surface area (Å²) in [5.74, 6) is 1.20. The standard InChI is InChI=1S/C25H18FN7O2/c1-34-16-4-13(3-15(26)6-16)19-10-28-11-22-23(19)31-25(30-22)24-18-7-20(29-12-21(18)32-33-24)14-5-17(35-2)9-27-8-14/h3-12H,1-2H3,(H,30,31)(H,32,33). The summed E-state index contributed by atoms with van der Waals surface area (Å²) in [7, 11) is 3.09. The van der Waals surface area contributed by atoms with Crippen LogP contribution in [0.15, 0.2) is 61.3 Å². The van der Waals surface area contributed by atoms with Gasteiger partial charge in [0.15, 0.2) is 5.82 Å². The van der Waals surface area contributed by atoms with Gasteiger partial charge in [0.05, 0.1) is 55.1 Å². The van der Waals surface area contributed by atoms with Crippen molar-refractivity contribution >= 4 is 21.9 Å². The number of ether oxygens (including phenoxy) is 2. The van der Waals surface area contributed by atoms with Gasteiger partial charge in [0, 0.05) is 35.0 Å². The average Bonchev–Trinajstić information content (AvgIpc) is 3.51. The molecule has 0 fully saturated rings. The van der Waals surface area contributed by atoms with Gasteiger partial charge in [-0.25, -0.2) is 9.37 Å². The summed E-state index contributed by atoms with van der Waals surface area (Å²) in [5.41, 5.74) is 5.54. The van der Waals surface area contributed by atoms with Crippen LogP contribution in [-0.4, -0.2) is 49.3 Å². The predicted octanol–water partition coefficient (Wildman–Crippen LogP) is 4.78. The molecule has 0 aliphatic rings.